The van der Waals surface area contributed by atoms with Crippen molar-refractivity contribution in [2.24, 2.45) is 5.41 Å². The number of nitrogens with zero attached hydrogens (tertiary/aromatic N) is 2. The zero-order valence-corrected chi connectivity index (χ0v) is 15.3. The fraction of sp³-hybridized carbons (Fsp3) is 0.474. The average Bonchev–Trinajstić information content (AvgIpc) is 3.23. The predicted molar refractivity (Wildman–Crippen MR) is 100 cm³/mol. The Morgan fingerprint density at radius 2 is 2.04 bits per heavy atom. The Bertz CT molecular complexity index is 814. The van der Waals surface area contributed by atoms with Crippen molar-refractivity contribution in [3.8, 4) is 11.3 Å². The first-order valence-electron chi connectivity index (χ1n) is 9.01. The SMILES string of the molecule is O=[N+]([O-])c1ccc(-c2ccc(CN3CCC4(CCNCC4)C3)o2)c(Cl)c1. The molecule has 1 N–H and O–H groups in total. The van der Waals surface area contributed by atoms with Crippen molar-refractivity contribution in [3.05, 3.63) is 51.2 Å². The first-order valence-corrected chi connectivity index (χ1v) is 9.39. The van der Waals surface area contributed by atoms with Crippen LogP contribution in [0.15, 0.2) is 34.7 Å². The molecule has 2 fully saturated rings. The van der Waals surface area contributed by atoms with Crippen molar-refractivity contribution in [3.63, 3.8) is 0 Å². The highest BCUT2D eigenvalue weighted by Gasteiger charge is 2.38. The Morgan fingerprint density at radius 3 is 2.77 bits per heavy atom. The second kappa shape index (κ2) is 7.02. The summed E-state index contributed by atoms with van der Waals surface area (Å²) in [6.45, 7) is 5.27. The first-order chi connectivity index (χ1) is 12.5. The molecule has 2 aromatic rings. The van der Waals surface area contributed by atoms with Crippen molar-refractivity contribution >= 4 is 17.3 Å². The number of nitro benzene ring substituents is 1. The van der Waals surface area contributed by atoms with E-state index in [9.17, 15) is 10.1 Å². The van der Waals surface area contributed by atoms with Gasteiger partial charge >= 0.3 is 0 Å². The zero-order valence-electron chi connectivity index (χ0n) is 14.5. The maximum Gasteiger partial charge on any atom is 0.270 e. The molecule has 26 heavy (non-hydrogen) atoms. The normalized spacial score (nSPS) is 19.9. The van der Waals surface area contributed by atoms with Crippen molar-refractivity contribution in [2.75, 3.05) is 26.2 Å². The van der Waals surface area contributed by atoms with Gasteiger partial charge in [-0.3, -0.25) is 15.0 Å². The largest absolute Gasteiger partial charge is 0.460 e. The van der Waals surface area contributed by atoms with Gasteiger partial charge in [0.15, 0.2) is 0 Å². The molecule has 0 unspecified atom stereocenters. The zero-order chi connectivity index (χ0) is 18.1. The highest BCUT2D eigenvalue weighted by atomic mass is 35.5. The van der Waals surface area contributed by atoms with Gasteiger partial charge in [-0.05, 0) is 62.5 Å². The topological polar surface area (TPSA) is 71.6 Å². The lowest BCUT2D eigenvalue weighted by Gasteiger charge is -2.33. The number of hydrogen-bond donors (Lipinski definition) is 1. The van der Waals surface area contributed by atoms with E-state index in [1.807, 2.05) is 12.1 Å². The first kappa shape index (κ1) is 17.5. The standard InChI is InChI=1S/C19H22ClN3O3/c20-17-11-14(23(24)25)1-3-16(17)18-4-2-15(26-18)12-22-10-7-19(13-22)5-8-21-9-6-19/h1-4,11,21H,5-10,12-13H2. The molecule has 138 valence electrons. The molecule has 0 aliphatic carbocycles. The molecule has 2 saturated heterocycles. The van der Waals surface area contributed by atoms with Gasteiger partial charge in [-0.15, -0.1) is 0 Å². The summed E-state index contributed by atoms with van der Waals surface area (Å²) in [6.07, 6.45) is 3.77. The third-order valence-corrected chi connectivity index (χ3v) is 5.96. The number of hydrogen-bond acceptors (Lipinski definition) is 5. The van der Waals surface area contributed by atoms with Gasteiger partial charge in [0.1, 0.15) is 11.5 Å². The molecule has 0 saturated carbocycles. The number of likely N-dealkylation sites (tertiary alicyclic amines) is 1. The number of nitro groups is 1. The molecule has 6 nitrogen and oxygen atoms in total. The van der Waals surface area contributed by atoms with Gasteiger partial charge in [0, 0.05) is 24.2 Å². The average molecular weight is 376 g/mol. The quantitative estimate of drug-likeness (QED) is 0.643. The van der Waals surface area contributed by atoms with Gasteiger partial charge < -0.3 is 9.73 Å². The van der Waals surface area contributed by atoms with Crippen LogP contribution in [0.25, 0.3) is 11.3 Å². The molecule has 0 radical (unpaired) electrons. The lowest BCUT2D eigenvalue weighted by Crippen LogP contribution is -2.38. The van der Waals surface area contributed by atoms with Crippen LogP contribution < -0.4 is 5.32 Å². The van der Waals surface area contributed by atoms with Gasteiger partial charge in [-0.1, -0.05) is 11.6 Å². The van der Waals surface area contributed by atoms with Gasteiger partial charge in [0.2, 0.25) is 0 Å². The van der Waals surface area contributed by atoms with Crippen molar-refractivity contribution in [1.29, 1.82) is 0 Å². The van der Waals surface area contributed by atoms with E-state index in [1.165, 1.54) is 31.4 Å². The van der Waals surface area contributed by atoms with Crippen LogP contribution in [0, 0.1) is 15.5 Å². The van der Waals surface area contributed by atoms with Gasteiger partial charge in [0.25, 0.3) is 5.69 Å². The molecule has 2 aliphatic rings. The van der Waals surface area contributed by atoms with Gasteiger partial charge in [-0.2, -0.15) is 0 Å². The third-order valence-electron chi connectivity index (χ3n) is 5.65. The summed E-state index contributed by atoms with van der Waals surface area (Å²) < 4.78 is 5.98. The van der Waals surface area contributed by atoms with Crippen molar-refractivity contribution in [1.82, 2.24) is 10.2 Å². The highest BCUT2D eigenvalue weighted by Crippen LogP contribution is 2.39. The van der Waals surface area contributed by atoms with Crippen LogP contribution in [-0.4, -0.2) is 36.0 Å². The number of non-ortho nitro benzene ring substituents is 1. The number of benzene rings is 1. The fourth-order valence-electron chi connectivity index (χ4n) is 4.17. The van der Waals surface area contributed by atoms with E-state index < -0.39 is 4.92 Å². The second-order valence-electron chi connectivity index (χ2n) is 7.40. The third kappa shape index (κ3) is 3.49. The van der Waals surface area contributed by atoms with Crippen LogP contribution in [0.4, 0.5) is 5.69 Å². The van der Waals surface area contributed by atoms with E-state index in [-0.39, 0.29) is 5.69 Å². The molecule has 2 aliphatic heterocycles. The molecule has 1 spiro atoms. The molecule has 4 rings (SSSR count). The Balaban J connectivity index is 1.45. The van der Waals surface area contributed by atoms with E-state index in [0.29, 0.717) is 21.8 Å². The van der Waals surface area contributed by atoms with Crippen LogP contribution in [-0.2, 0) is 6.54 Å². The summed E-state index contributed by atoms with van der Waals surface area (Å²) in [4.78, 5) is 12.9. The van der Waals surface area contributed by atoms with Gasteiger partial charge in [-0.25, -0.2) is 0 Å². The van der Waals surface area contributed by atoms with Crippen LogP contribution in [0.3, 0.4) is 0 Å². The molecule has 1 aromatic carbocycles. The Morgan fingerprint density at radius 1 is 1.23 bits per heavy atom. The lowest BCUT2D eigenvalue weighted by atomic mass is 9.78. The lowest BCUT2D eigenvalue weighted by molar-refractivity contribution is -0.384. The Labute approximate surface area is 157 Å². The van der Waals surface area contributed by atoms with Gasteiger partial charge in [0.05, 0.1) is 16.5 Å². The predicted octanol–water partition coefficient (Wildman–Crippen LogP) is 4.08. The number of nitrogens with one attached hydrogen (secondary N) is 1. The minimum atomic E-state index is -0.451. The minimum absolute atomic E-state index is 0.0186. The van der Waals surface area contributed by atoms with Crippen LogP contribution in [0.2, 0.25) is 5.02 Å². The molecular formula is C19H22ClN3O3. The second-order valence-corrected chi connectivity index (χ2v) is 7.81. The summed E-state index contributed by atoms with van der Waals surface area (Å²) in [7, 11) is 0. The molecule has 1 aromatic heterocycles. The maximum absolute atomic E-state index is 10.8. The minimum Gasteiger partial charge on any atom is -0.460 e. The molecule has 0 amide bonds. The Hall–Kier alpha value is -1.89. The van der Waals surface area contributed by atoms with Crippen molar-refractivity contribution < 1.29 is 9.34 Å². The number of rotatable bonds is 4. The van der Waals surface area contributed by atoms with E-state index >= 15 is 0 Å². The van der Waals surface area contributed by atoms with Crippen LogP contribution >= 0.6 is 11.6 Å². The summed E-state index contributed by atoms with van der Waals surface area (Å²) in [5.41, 5.74) is 1.14. The molecular weight excluding hydrogens is 354 g/mol. The summed E-state index contributed by atoms with van der Waals surface area (Å²) in [6, 6.07) is 8.31. The number of piperidine rings is 1. The molecule has 0 bridgehead atoms. The monoisotopic (exact) mass is 375 g/mol. The molecule has 7 heteroatoms. The van der Waals surface area contributed by atoms with E-state index in [1.54, 1.807) is 6.07 Å². The van der Waals surface area contributed by atoms with E-state index in [2.05, 4.69) is 10.2 Å². The highest BCUT2D eigenvalue weighted by molar-refractivity contribution is 6.33. The summed E-state index contributed by atoms with van der Waals surface area (Å²) in [5.74, 6) is 1.55. The van der Waals surface area contributed by atoms with E-state index in [0.717, 1.165) is 38.5 Å². The van der Waals surface area contributed by atoms with Crippen LogP contribution in [0.5, 0.6) is 0 Å². The Kier molecular flexibility index (Phi) is 4.73. The van der Waals surface area contributed by atoms with E-state index in [4.69, 9.17) is 16.0 Å². The summed E-state index contributed by atoms with van der Waals surface area (Å²) >= 11 is 6.20. The fourth-order valence-corrected chi connectivity index (χ4v) is 4.44. The number of halogens is 1. The van der Waals surface area contributed by atoms with Crippen molar-refractivity contribution in [2.45, 2.75) is 25.8 Å². The molecule has 0 atom stereocenters. The smallest absolute Gasteiger partial charge is 0.270 e. The summed E-state index contributed by atoms with van der Waals surface area (Å²) in [5, 5.41) is 14.6. The van der Waals surface area contributed by atoms with Crippen LogP contribution in [0.1, 0.15) is 25.0 Å². The molecule has 3 heterocycles. The maximum atomic E-state index is 10.8. The number of furan rings is 1.